The number of aromatic amines is 1. The van der Waals surface area contributed by atoms with E-state index in [-0.39, 0.29) is 22.5 Å². The van der Waals surface area contributed by atoms with Crippen LogP contribution < -0.4 is 15.8 Å². The number of fused-ring (bicyclic) bond motifs is 1. The van der Waals surface area contributed by atoms with Gasteiger partial charge in [-0.15, -0.1) is 0 Å². The van der Waals surface area contributed by atoms with Crippen LogP contribution >= 0.6 is 0 Å². The number of piperidine rings is 1. The van der Waals surface area contributed by atoms with Crippen molar-refractivity contribution >= 4 is 38.1 Å². The van der Waals surface area contributed by atoms with Gasteiger partial charge >= 0.3 is 6.18 Å². The van der Waals surface area contributed by atoms with Gasteiger partial charge in [0.15, 0.2) is 15.7 Å². The number of rotatable bonds is 6. The summed E-state index contributed by atoms with van der Waals surface area (Å²) in [6.07, 6.45) is -0.124. The Bertz CT molecular complexity index is 1750. The van der Waals surface area contributed by atoms with Crippen molar-refractivity contribution in [3.05, 3.63) is 70.8 Å². The van der Waals surface area contributed by atoms with E-state index in [4.69, 9.17) is 5.10 Å². The number of nitriles is 1. The van der Waals surface area contributed by atoms with Crippen LogP contribution in [0, 0.1) is 11.3 Å². The summed E-state index contributed by atoms with van der Waals surface area (Å²) in [4.78, 5) is 21.5. The molecule has 1 saturated heterocycles. The minimum atomic E-state index is -4.48. The van der Waals surface area contributed by atoms with Crippen LogP contribution in [0.3, 0.4) is 0 Å². The summed E-state index contributed by atoms with van der Waals surface area (Å²) >= 11 is 0. The average Bonchev–Trinajstić information content (AvgIpc) is 3.29. The minimum absolute atomic E-state index is 0.0906. The first-order valence-electron chi connectivity index (χ1n) is 12.2. The molecule has 10 nitrogen and oxygen atoms in total. The van der Waals surface area contributed by atoms with Gasteiger partial charge in [-0.1, -0.05) is 0 Å². The fourth-order valence-corrected chi connectivity index (χ4v) is 5.58. The van der Waals surface area contributed by atoms with Crippen molar-refractivity contribution in [3.8, 4) is 6.07 Å². The van der Waals surface area contributed by atoms with E-state index >= 15 is 0 Å². The van der Waals surface area contributed by atoms with Gasteiger partial charge in [-0.25, -0.2) is 13.4 Å². The summed E-state index contributed by atoms with van der Waals surface area (Å²) in [5, 5.41) is 17.8. The van der Waals surface area contributed by atoms with Crippen molar-refractivity contribution in [1.82, 2.24) is 19.7 Å². The summed E-state index contributed by atoms with van der Waals surface area (Å²) in [5.41, 5.74) is -0.984. The Kier molecular flexibility index (Phi) is 6.79. The van der Waals surface area contributed by atoms with Gasteiger partial charge in [-0.3, -0.25) is 9.48 Å². The normalized spacial score (nSPS) is 15.6. The van der Waals surface area contributed by atoms with E-state index in [2.05, 4.69) is 21.4 Å². The molecular formula is C26H24F3N7O3S. The Hall–Kier alpha value is -4.38. The molecule has 3 aromatic heterocycles. The monoisotopic (exact) mass is 571 g/mol. The van der Waals surface area contributed by atoms with Crippen LogP contribution in [0.1, 0.15) is 24.8 Å². The van der Waals surface area contributed by atoms with Crippen LogP contribution in [-0.4, -0.2) is 47.5 Å². The number of pyridine rings is 2. The van der Waals surface area contributed by atoms with Crippen LogP contribution in [0.2, 0.25) is 0 Å². The SMILES string of the molecule is CS(=O)(=O)c1ccc(Nc2nn(C3(CC#N)CCN(c4ccc(C(F)(F)F)cn4)CC3)c3cc[nH]c(=O)c23)cc1. The lowest BCUT2D eigenvalue weighted by atomic mass is 9.84. The van der Waals surface area contributed by atoms with Crippen LogP contribution in [0.4, 0.5) is 30.5 Å². The Morgan fingerprint density at radius 2 is 1.82 bits per heavy atom. The topological polar surface area (TPSA) is 137 Å². The van der Waals surface area contributed by atoms with Gasteiger partial charge < -0.3 is 15.2 Å². The highest BCUT2D eigenvalue weighted by atomic mass is 32.2. The van der Waals surface area contributed by atoms with Crippen molar-refractivity contribution < 1.29 is 21.6 Å². The van der Waals surface area contributed by atoms with Gasteiger partial charge in [0.1, 0.15) is 11.2 Å². The number of hydrogen-bond donors (Lipinski definition) is 2. The molecule has 0 aliphatic carbocycles. The number of aromatic nitrogens is 4. The molecule has 1 aromatic carbocycles. The minimum Gasteiger partial charge on any atom is -0.356 e. The number of halogens is 3. The number of nitrogens with zero attached hydrogens (tertiary/aromatic N) is 5. The van der Waals surface area contributed by atoms with Gasteiger partial charge in [0, 0.05) is 37.4 Å². The van der Waals surface area contributed by atoms with Crippen LogP contribution in [-0.2, 0) is 21.6 Å². The zero-order valence-corrected chi connectivity index (χ0v) is 22.1. The van der Waals surface area contributed by atoms with Gasteiger partial charge in [-0.2, -0.15) is 23.5 Å². The smallest absolute Gasteiger partial charge is 0.356 e. The first-order valence-corrected chi connectivity index (χ1v) is 14.1. The second-order valence-corrected chi connectivity index (χ2v) is 11.7. The highest BCUT2D eigenvalue weighted by Crippen LogP contribution is 2.38. The second kappa shape index (κ2) is 9.98. The Morgan fingerprint density at radius 1 is 1.12 bits per heavy atom. The number of anilines is 3. The molecule has 0 saturated carbocycles. The van der Waals surface area contributed by atoms with Gasteiger partial charge in [0.05, 0.1) is 34.0 Å². The molecule has 4 heterocycles. The molecule has 0 amide bonds. The molecule has 14 heteroatoms. The number of alkyl halides is 3. The largest absolute Gasteiger partial charge is 0.417 e. The molecular weight excluding hydrogens is 547 g/mol. The molecule has 1 fully saturated rings. The van der Waals surface area contributed by atoms with Gasteiger partial charge in [0.2, 0.25) is 0 Å². The van der Waals surface area contributed by atoms with Crippen molar-refractivity contribution in [2.24, 2.45) is 0 Å². The summed E-state index contributed by atoms with van der Waals surface area (Å²) < 4.78 is 64.1. The summed E-state index contributed by atoms with van der Waals surface area (Å²) in [7, 11) is -3.38. The van der Waals surface area contributed by atoms with Crippen LogP contribution in [0.25, 0.3) is 10.9 Å². The van der Waals surface area contributed by atoms with Crippen LogP contribution in [0.5, 0.6) is 0 Å². The molecule has 4 aromatic rings. The van der Waals surface area contributed by atoms with Crippen molar-refractivity contribution in [2.75, 3.05) is 29.6 Å². The third-order valence-corrected chi connectivity index (χ3v) is 8.23. The molecule has 1 aliphatic rings. The van der Waals surface area contributed by atoms with Crippen molar-refractivity contribution in [3.63, 3.8) is 0 Å². The van der Waals surface area contributed by atoms with E-state index in [0.29, 0.717) is 43.0 Å². The average molecular weight is 572 g/mol. The lowest BCUT2D eigenvalue weighted by Gasteiger charge is -2.41. The Balaban J connectivity index is 1.47. The molecule has 0 unspecified atom stereocenters. The first kappa shape index (κ1) is 27.2. The molecule has 208 valence electrons. The van der Waals surface area contributed by atoms with E-state index < -0.39 is 32.7 Å². The van der Waals surface area contributed by atoms with E-state index in [1.807, 2.05) is 4.90 Å². The molecule has 1 aliphatic heterocycles. The highest BCUT2D eigenvalue weighted by molar-refractivity contribution is 7.90. The van der Waals surface area contributed by atoms with Crippen molar-refractivity contribution in [1.29, 1.82) is 5.26 Å². The summed E-state index contributed by atoms with van der Waals surface area (Å²) in [6, 6.07) is 12.3. The zero-order valence-electron chi connectivity index (χ0n) is 21.2. The fraction of sp³-hybridized carbons (Fsp3) is 0.308. The van der Waals surface area contributed by atoms with Crippen molar-refractivity contribution in [2.45, 2.75) is 35.9 Å². The molecule has 40 heavy (non-hydrogen) atoms. The number of nitrogens with one attached hydrogen (secondary N) is 2. The van der Waals surface area contributed by atoms with Crippen LogP contribution in [0.15, 0.2) is 64.5 Å². The quantitative estimate of drug-likeness (QED) is 0.352. The van der Waals surface area contributed by atoms with E-state index in [1.165, 1.54) is 24.4 Å². The van der Waals surface area contributed by atoms with E-state index in [0.717, 1.165) is 18.5 Å². The van der Waals surface area contributed by atoms with Gasteiger partial charge in [-0.05, 0) is 55.3 Å². The Morgan fingerprint density at radius 3 is 2.40 bits per heavy atom. The Labute approximate surface area is 227 Å². The summed E-state index contributed by atoms with van der Waals surface area (Å²) in [6.45, 7) is 0.806. The molecule has 0 atom stereocenters. The lowest BCUT2D eigenvalue weighted by molar-refractivity contribution is -0.137. The maximum atomic E-state index is 12.9. The zero-order chi connectivity index (χ0) is 28.7. The third kappa shape index (κ3) is 5.12. The number of H-pyrrole nitrogens is 1. The molecule has 0 bridgehead atoms. The summed E-state index contributed by atoms with van der Waals surface area (Å²) in [5.74, 6) is 0.647. The standard InChI is InChI=1S/C26H24F3N7O3S/c1-40(38,39)19-5-3-18(4-6-19)33-23-22-20(8-13-31-24(22)37)36(34-23)25(9-12-30)10-14-35(15-11-25)21-7-2-17(16-32-21)26(27,28)29/h2-8,13,16H,9-11,14-15H2,1H3,(H,31,37)(H,33,34). The maximum absolute atomic E-state index is 12.9. The van der Waals surface area contributed by atoms with Gasteiger partial charge in [0.25, 0.3) is 5.56 Å². The molecule has 2 N–H and O–H groups in total. The maximum Gasteiger partial charge on any atom is 0.417 e. The number of sulfone groups is 1. The lowest BCUT2D eigenvalue weighted by Crippen LogP contribution is -2.47. The first-order chi connectivity index (χ1) is 18.9. The second-order valence-electron chi connectivity index (χ2n) is 9.70. The number of benzene rings is 1. The third-order valence-electron chi connectivity index (χ3n) is 7.10. The molecule has 0 radical (unpaired) electrons. The predicted molar refractivity (Wildman–Crippen MR) is 142 cm³/mol. The predicted octanol–water partition coefficient (Wildman–Crippen LogP) is 4.19. The van der Waals surface area contributed by atoms with E-state index in [1.54, 1.807) is 22.9 Å². The highest BCUT2D eigenvalue weighted by Gasteiger charge is 2.40. The molecule has 5 rings (SSSR count). The number of hydrogen-bond acceptors (Lipinski definition) is 8. The van der Waals surface area contributed by atoms with E-state index in [9.17, 15) is 31.6 Å². The molecule has 0 spiro atoms. The fourth-order valence-electron chi connectivity index (χ4n) is 4.95.